The van der Waals surface area contributed by atoms with Crippen LogP contribution in [0.5, 0.6) is 5.75 Å². The molecule has 0 spiro atoms. The summed E-state index contributed by atoms with van der Waals surface area (Å²) in [5.41, 5.74) is 0.997. The van der Waals surface area contributed by atoms with Gasteiger partial charge in [-0.1, -0.05) is 18.2 Å². The zero-order valence-corrected chi connectivity index (χ0v) is 12.1. The van der Waals surface area contributed by atoms with Crippen molar-refractivity contribution >= 4 is 0 Å². The molecule has 0 aliphatic heterocycles. The predicted octanol–water partition coefficient (Wildman–Crippen LogP) is 2.64. The second kappa shape index (κ2) is 6.76. The van der Waals surface area contributed by atoms with E-state index in [2.05, 4.69) is 25.2 Å². The molecule has 3 nitrogen and oxygen atoms in total. The van der Waals surface area contributed by atoms with Crippen LogP contribution in [0.1, 0.15) is 26.3 Å². The zero-order chi connectivity index (χ0) is 13.6. The average Bonchev–Trinajstić information content (AvgIpc) is 2.36. The van der Waals surface area contributed by atoms with Crippen molar-refractivity contribution in [1.29, 1.82) is 0 Å². The molecule has 102 valence electrons. The highest BCUT2D eigenvalue weighted by Gasteiger charge is 2.29. The van der Waals surface area contributed by atoms with Crippen molar-refractivity contribution in [2.45, 2.75) is 38.8 Å². The van der Waals surface area contributed by atoms with Crippen LogP contribution in [0.2, 0.25) is 0 Å². The first-order valence-electron chi connectivity index (χ1n) is 6.48. The molecule has 0 aliphatic rings. The van der Waals surface area contributed by atoms with Crippen molar-refractivity contribution < 1.29 is 9.47 Å². The van der Waals surface area contributed by atoms with Crippen molar-refractivity contribution in [3.63, 3.8) is 0 Å². The summed E-state index contributed by atoms with van der Waals surface area (Å²) in [5, 5.41) is 3.35. The Bertz CT molecular complexity index is 363. The van der Waals surface area contributed by atoms with E-state index in [0.717, 1.165) is 18.8 Å². The molecule has 0 bridgehead atoms. The molecule has 0 saturated heterocycles. The van der Waals surface area contributed by atoms with Crippen LogP contribution >= 0.6 is 0 Å². The first-order valence-corrected chi connectivity index (χ1v) is 6.48. The quantitative estimate of drug-likeness (QED) is 0.808. The Morgan fingerprint density at radius 2 is 1.94 bits per heavy atom. The molecule has 1 aromatic carbocycles. The second-order valence-corrected chi connectivity index (χ2v) is 4.89. The summed E-state index contributed by atoms with van der Waals surface area (Å²) in [4.78, 5) is 0. The third kappa shape index (κ3) is 3.72. The highest BCUT2D eigenvalue weighted by atomic mass is 16.5. The summed E-state index contributed by atoms with van der Waals surface area (Å²) in [5.74, 6) is 0.935. The van der Waals surface area contributed by atoms with Gasteiger partial charge < -0.3 is 14.8 Å². The van der Waals surface area contributed by atoms with Crippen LogP contribution in [-0.2, 0) is 11.2 Å². The monoisotopic (exact) mass is 251 g/mol. The lowest BCUT2D eigenvalue weighted by Crippen LogP contribution is -2.48. The Kier molecular flexibility index (Phi) is 5.63. The number of para-hydroxylation sites is 1. The fourth-order valence-corrected chi connectivity index (χ4v) is 2.26. The van der Waals surface area contributed by atoms with E-state index in [9.17, 15) is 0 Å². The van der Waals surface area contributed by atoms with E-state index in [1.807, 2.05) is 32.2 Å². The Labute approximate surface area is 110 Å². The SMILES string of the molecule is CCOC(C)(C)C(Cc1ccccc1OC)NC. The van der Waals surface area contributed by atoms with Gasteiger partial charge in [0, 0.05) is 12.6 Å². The van der Waals surface area contributed by atoms with Crippen molar-refractivity contribution in [2.24, 2.45) is 0 Å². The van der Waals surface area contributed by atoms with Gasteiger partial charge in [-0.15, -0.1) is 0 Å². The largest absolute Gasteiger partial charge is 0.496 e. The van der Waals surface area contributed by atoms with Gasteiger partial charge in [0.1, 0.15) is 5.75 Å². The van der Waals surface area contributed by atoms with Gasteiger partial charge in [0.25, 0.3) is 0 Å². The third-order valence-electron chi connectivity index (χ3n) is 3.32. The minimum atomic E-state index is -0.204. The van der Waals surface area contributed by atoms with Gasteiger partial charge in [-0.3, -0.25) is 0 Å². The topological polar surface area (TPSA) is 30.5 Å². The van der Waals surface area contributed by atoms with Crippen LogP contribution in [0.4, 0.5) is 0 Å². The number of methoxy groups -OCH3 is 1. The summed E-state index contributed by atoms with van der Waals surface area (Å²) in [6.45, 7) is 6.98. The molecule has 3 heteroatoms. The van der Waals surface area contributed by atoms with E-state index in [1.165, 1.54) is 5.56 Å². The lowest BCUT2D eigenvalue weighted by molar-refractivity contribution is -0.0364. The van der Waals surface area contributed by atoms with Crippen LogP contribution in [0, 0.1) is 0 Å². The van der Waals surface area contributed by atoms with E-state index in [1.54, 1.807) is 7.11 Å². The van der Waals surface area contributed by atoms with Gasteiger partial charge in [-0.25, -0.2) is 0 Å². The Morgan fingerprint density at radius 1 is 1.28 bits per heavy atom. The highest BCUT2D eigenvalue weighted by molar-refractivity contribution is 5.34. The second-order valence-electron chi connectivity index (χ2n) is 4.89. The molecule has 0 aromatic heterocycles. The van der Waals surface area contributed by atoms with Gasteiger partial charge in [0.05, 0.1) is 12.7 Å². The molecule has 1 rings (SSSR count). The summed E-state index contributed by atoms with van der Waals surface area (Å²) in [7, 11) is 3.68. The van der Waals surface area contributed by atoms with Crippen molar-refractivity contribution in [3.05, 3.63) is 29.8 Å². The van der Waals surface area contributed by atoms with Crippen molar-refractivity contribution in [3.8, 4) is 5.75 Å². The van der Waals surface area contributed by atoms with Gasteiger partial charge >= 0.3 is 0 Å². The Morgan fingerprint density at radius 3 is 2.50 bits per heavy atom. The zero-order valence-electron chi connectivity index (χ0n) is 12.1. The summed E-state index contributed by atoms with van der Waals surface area (Å²) >= 11 is 0. The Hall–Kier alpha value is -1.06. The van der Waals surface area contributed by atoms with E-state index >= 15 is 0 Å². The lowest BCUT2D eigenvalue weighted by atomic mass is 9.92. The maximum atomic E-state index is 5.82. The van der Waals surface area contributed by atoms with Gasteiger partial charge in [-0.05, 0) is 45.9 Å². The Balaban J connectivity index is 2.85. The first-order chi connectivity index (χ1) is 8.55. The predicted molar refractivity (Wildman–Crippen MR) is 75.3 cm³/mol. The minimum Gasteiger partial charge on any atom is -0.496 e. The smallest absolute Gasteiger partial charge is 0.122 e. The summed E-state index contributed by atoms with van der Waals surface area (Å²) in [6, 6.07) is 8.37. The number of nitrogens with one attached hydrogen (secondary N) is 1. The molecule has 0 amide bonds. The molecule has 1 unspecified atom stereocenters. The fourth-order valence-electron chi connectivity index (χ4n) is 2.26. The normalized spacial score (nSPS) is 13.4. The number of likely N-dealkylation sites (N-methyl/N-ethyl adjacent to an activating group) is 1. The van der Waals surface area contributed by atoms with E-state index < -0.39 is 0 Å². The number of hydrogen-bond donors (Lipinski definition) is 1. The molecule has 0 saturated carbocycles. The molecule has 0 fully saturated rings. The first kappa shape index (κ1) is 15.0. The molecule has 0 aliphatic carbocycles. The number of hydrogen-bond acceptors (Lipinski definition) is 3. The molecule has 18 heavy (non-hydrogen) atoms. The standard InChI is InChI=1S/C15H25NO2/c1-6-18-15(2,3)14(16-4)11-12-9-7-8-10-13(12)17-5/h7-10,14,16H,6,11H2,1-5H3. The lowest BCUT2D eigenvalue weighted by Gasteiger charge is -2.34. The van der Waals surface area contributed by atoms with E-state index in [4.69, 9.17) is 9.47 Å². The van der Waals surface area contributed by atoms with Crippen LogP contribution in [0.15, 0.2) is 24.3 Å². The summed E-state index contributed by atoms with van der Waals surface area (Å²) < 4.78 is 11.2. The van der Waals surface area contributed by atoms with Gasteiger partial charge in [0.2, 0.25) is 0 Å². The molecular weight excluding hydrogens is 226 g/mol. The van der Waals surface area contributed by atoms with Crippen molar-refractivity contribution in [2.75, 3.05) is 20.8 Å². The maximum absolute atomic E-state index is 5.82. The van der Waals surface area contributed by atoms with Crippen molar-refractivity contribution in [1.82, 2.24) is 5.32 Å². The molecule has 1 aromatic rings. The van der Waals surface area contributed by atoms with Gasteiger partial charge in [-0.2, -0.15) is 0 Å². The number of benzene rings is 1. The molecule has 0 heterocycles. The molecule has 0 radical (unpaired) electrons. The number of ether oxygens (including phenoxy) is 2. The average molecular weight is 251 g/mol. The summed E-state index contributed by atoms with van der Waals surface area (Å²) in [6.07, 6.45) is 0.882. The van der Waals surface area contributed by atoms with Crippen LogP contribution in [0.25, 0.3) is 0 Å². The minimum absolute atomic E-state index is 0.204. The maximum Gasteiger partial charge on any atom is 0.122 e. The van der Waals surface area contributed by atoms with Gasteiger partial charge in [0.15, 0.2) is 0 Å². The fraction of sp³-hybridized carbons (Fsp3) is 0.600. The van der Waals surface area contributed by atoms with E-state index in [0.29, 0.717) is 0 Å². The molecule has 1 atom stereocenters. The van der Waals surface area contributed by atoms with Crippen LogP contribution < -0.4 is 10.1 Å². The van der Waals surface area contributed by atoms with Crippen LogP contribution in [-0.4, -0.2) is 32.4 Å². The third-order valence-corrected chi connectivity index (χ3v) is 3.32. The highest BCUT2D eigenvalue weighted by Crippen LogP contribution is 2.24. The van der Waals surface area contributed by atoms with Crippen LogP contribution in [0.3, 0.4) is 0 Å². The molecule has 1 N–H and O–H groups in total. The van der Waals surface area contributed by atoms with E-state index in [-0.39, 0.29) is 11.6 Å². The molecular formula is C15H25NO2. The number of rotatable bonds is 7.